The second-order valence-electron chi connectivity index (χ2n) is 5.21. The summed E-state index contributed by atoms with van der Waals surface area (Å²) in [6, 6.07) is 4.93. The van der Waals surface area contributed by atoms with Crippen LogP contribution < -0.4 is 10.2 Å². The predicted octanol–water partition coefficient (Wildman–Crippen LogP) is 3.56. The minimum atomic E-state index is -0.197. The summed E-state index contributed by atoms with van der Waals surface area (Å²) in [7, 11) is 0. The summed E-state index contributed by atoms with van der Waals surface area (Å²) in [4.78, 5) is 2.34. The Balaban J connectivity index is 2.25. The maximum Gasteiger partial charge on any atom is 0.124 e. The second kappa shape index (κ2) is 5.57. The lowest BCUT2D eigenvalue weighted by Crippen LogP contribution is -2.48. The van der Waals surface area contributed by atoms with Crippen LogP contribution in [0.2, 0.25) is 0 Å². The number of anilines is 1. The lowest BCUT2D eigenvalue weighted by molar-refractivity contribution is 0.366. The van der Waals surface area contributed by atoms with Gasteiger partial charge in [-0.2, -0.15) is 0 Å². The highest BCUT2D eigenvalue weighted by Gasteiger charge is 2.27. The van der Waals surface area contributed by atoms with Gasteiger partial charge < -0.3 is 10.2 Å². The molecule has 4 heteroatoms. The van der Waals surface area contributed by atoms with Gasteiger partial charge in [0.15, 0.2) is 0 Å². The van der Waals surface area contributed by atoms with E-state index in [9.17, 15) is 4.39 Å². The van der Waals surface area contributed by atoms with Crippen molar-refractivity contribution < 1.29 is 4.39 Å². The van der Waals surface area contributed by atoms with Crippen LogP contribution in [-0.2, 0) is 0 Å². The summed E-state index contributed by atoms with van der Waals surface area (Å²) in [6.07, 6.45) is 2.20. The molecule has 1 N–H and O–H groups in total. The number of hydrogen-bond donors (Lipinski definition) is 1. The minimum absolute atomic E-state index is 0.129. The molecular weight excluding hydrogens is 295 g/mol. The quantitative estimate of drug-likeness (QED) is 0.898. The van der Waals surface area contributed by atoms with Crippen molar-refractivity contribution in [1.29, 1.82) is 0 Å². The molecule has 1 aliphatic rings. The number of hydrogen-bond acceptors (Lipinski definition) is 2. The smallest absolute Gasteiger partial charge is 0.124 e. The van der Waals surface area contributed by atoms with Gasteiger partial charge in [0.25, 0.3) is 0 Å². The van der Waals surface area contributed by atoms with E-state index >= 15 is 0 Å². The van der Waals surface area contributed by atoms with Crippen LogP contribution in [0, 0.1) is 5.82 Å². The van der Waals surface area contributed by atoms with Crippen LogP contribution in [0.5, 0.6) is 0 Å². The Morgan fingerprint density at radius 1 is 1.50 bits per heavy atom. The summed E-state index contributed by atoms with van der Waals surface area (Å²) < 4.78 is 14.0. The number of nitrogens with one attached hydrogen (secondary N) is 1. The van der Waals surface area contributed by atoms with Gasteiger partial charge in [-0.15, -0.1) is 0 Å². The zero-order valence-electron chi connectivity index (χ0n) is 11.0. The van der Waals surface area contributed by atoms with Crippen LogP contribution in [0.4, 0.5) is 10.1 Å². The van der Waals surface area contributed by atoms with Crippen molar-refractivity contribution in [2.45, 2.75) is 32.2 Å². The van der Waals surface area contributed by atoms with E-state index in [4.69, 9.17) is 0 Å². The first-order chi connectivity index (χ1) is 8.54. The Labute approximate surface area is 117 Å². The molecule has 0 aromatic heterocycles. The zero-order valence-corrected chi connectivity index (χ0v) is 12.6. The maximum atomic E-state index is 13.2. The highest BCUT2D eigenvalue weighted by molar-refractivity contribution is 9.10. The molecule has 1 atom stereocenters. The molecule has 2 nitrogen and oxygen atoms in total. The molecule has 1 aromatic rings. The SMILES string of the molecule is CCC1(C)CN(c2ccc(F)cc2Br)CCCN1. The van der Waals surface area contributed by atoms with Gasteiger partial charge in [-0.25, -0.2) is 4.39 Å². The fourth-order valence-electron chi connectivity index (χ4n) is 2.40. The van der Waals surface area contributed by atoms with E-state index in [1.54, 1.807) is 0 Å². The predicted molar refractivity (Wildman–Crippen MR) is 77.6 cm³/mol. The van der Waals surface area contributed by atoms with Crippen molar-refractivity contribution in [3.8, 4) is 0 Å². The third-order valence-corrected chi connectivity index (χ3v) is 4.36. The molecule has 0 amide bonds. The highest BCUT2D eigenvalue weighted by atomic mass is 79.9. The van der Waals surface area contributed by atoms with E-state index in [1.165, 1.54) is 12.1 Å². The van der Waals surface area contributed by atoms with Crippen LogP contribution in [0.3, 0.4) is 0 Å². The molecular formula is C14H20BrFN2. The average molecular weight is 315 g/mol. The van der Waals surface area contributed by atoms with Gasteiger partial charge in [0.1, 0.15) is 5.82 Å². The Morgan fingerprint density at radius 2 is 2.28 bits per heavy atom. The molecule has 100 valence electrons. The van der Waals surface area contributed by atoms with Gasteiger partial charge in [0, 0.05) is 23.1 Å². The van der Waals surface area contributed by atoms with E-state index in [0.717, 1.165) is 42.6 Å². The van der Waals surface area contributed by atoms with Crippen molar-refractivity contribution in [3.63, 3.8) is 0 Å². The minimum Gasteiger partial charge on any atom is -0.369 e. The average Bonchev–Trinajstić information content (AvgIpc) is 2.52. The molecule has 1 aromatic carbocycles. The van der Waals surface area contributed by atoms with Crippen molar-refractivity contribution in [2.24, 2.45) is 0 Å². The third-order valence-electron chi connectivity index (χ3n) is 3.73. The summed E-state index contributed by atoms with van der Waals surface area (Å²) in [5.41, 5.74) is 1.21. The fraction of sp³-hybridized carbons (Fsp3) is 0.571. The highest BCUT2D eigenvalue weighted by Crippen LogP contribution is 2.29. The molecule has 1 heterocycles. The normalized spacial score (nSPS) is 25.0. The van der Waals surface area contributed by atoms with E-state index < -0.39 is 0 Å². The molecule has 1 aliphatic heterocycles. The Bertz CT molecular complexity index is 424. The largest absolute Gasteiger partial charge is 0.369 e. The summed E-state index contributed by atoms with van der Waals surface area (Å²) in [5, 5.41) is 3.61. The molecule has 0 spiro atoms. The summed E-state index contributed by atoms with van der Waals surface area (Å²) >= 11 is 3.47. The Kier molecular flexibility index (Phi) is 4.28. The first kappa shape index (κ1) is 13.8. The number of halogens is 2. The Hall–Kier alpha value is -0.610. The zero-order chi connectivity index (χ0) is 13.2. The monoisotopic (exact) mass is 314 g/mol. The van der Waals surface area contributed by atoms with Gasteiger partial charge in [0.2, 0.25) is 0 Å². The summed E-state index contributed by atoms with van der Waals surface area (Å²) in [5.74, 6) is -0.197. The van der Waals surface area contributed by atoms with Crippen LogP contribution in [0.1, 0.15) is 26.7 Å². The standard InChI is InChI=1S/C14H20BrFN2/c1-3-14(2)10-18(8-4-7-17-14)13-6-5-11(16)9-12(13)15/h5-6,9,17H,3-4,7-8,10H2,1-2H3. The first-order valence-corrected chi connectivity index (χ1v) is 7.28. The van der Waals surface area contributed by atoms with E-state index in [0.29, 0.717) is 0 Å². The van der Waals surface area contributed by atoms with Crippen LogP contribution in [0.15, 0.2) is 22.7 Å². The van der Waals surface area contributed by atoms with E-state index in [1.807, 2.05) is 6.07 Å². The maximum absolute atomic E-state index is 13.2. The first-order valence-electron chi connectivity index (χ1n) is 6.49. The number of benzene rings is 1. The topological polar surface area (TPSA) is 15.3 Å². The lowest BCUT2D eigenvalue weighted by atomic mass is 9.98. The third kappa shape index (κ3) is 3.04. The lowest BCUT2D eigenvalue weighted by Gasteiger charge is -2.34. The molecule has 1 unspecified atom stereocenters. The van der Waals surface area contributed by atoms with Gasteiger partial charge in [-0.05, 0) is 60.4 Å². The number of nitrogens with zero attached hydrogens (tertiary/aromatic N) is 1. The summed E-state index contributed by atoms with van der Waals surface area (Å²) in [6.45, 7) is 7.46. The van der Waals surface area contributed by atoms with Crippen LogP contribution >= 0.6 is 15.9 Å². The van der Waals surface area contributed by atoms with Crippen molar-refractivity contribution >= 4 is 21.6 Å². The second-order valence-corrected chi connectivity index (χ2v) is 6.07. The van der Waals surface area contributed by atoms with Crippen molar-refractivity contribution in [3.05, 3.63) is 28.5 Å². The van der Waals surface area contributed by atoms with E-state index in [2.05, 4.69) is 40.0 Å². The van der Waals surface area contributed by atoms with Gasteiger partial charge in [-0.1, -0.05) is 6.92 Å². The van der Waals surface area contributed by atoms with Crippen molar-refractivity contribution in [1.82, 2.24) is 5.32 Å². The molecule has 0 bridgehead atoms. The molecule has 0 saturated carbocycles. The number of rotatable bonds is 2. The van der Waals surface area contributed by atoms with Gasteiger partial charge in [-0.3, -0.25) is 0 Å². The van der Waals surface area contributed by atoms with Crippen molar-refractivity contribution in [2.75, 3.05) is 24.5 Å². The van der Waals surface area contributed by atoms with E-state index in [-0.39, 0.29) is 11.4 Å². The molecule has 1 fully saturated rings. The fourth-order valence-corrected chi connectivity index (χ4v) is 3.00. The Morgan fingerprint density at radius 3 is 2.94 bits per heavy atom. The van der Waals surface area contributed by atoms with Gasteiger partial charge in [0.05, 0.1) is 5.69 Å². The molecule has 0 radical (unpaired) electrons. The molecule has 1 saturated heterocycles. The molecule has 0 aliphatic carbocycles. The van der Waals surface area contributed by atoms with Gasteiger partial charge >= 0.3 is 0 Å². The molecule has 18 heavy (non-hydrogen) atoms. The van der Waals surface area contributed by atoms with Crippen LogP contribution in [-0.4, -0.2) is 25.2 Å². The molecule has 2 rings (SSSR count). The van der Waals surface area contributed by atoms with Crippen LogP contribution in [0.25, 0.3) is 0 Å².